The molecule has 3 N–H and O–H groups in total. The number of rotatable bonds is 8. The fourth-order valence-electron chi connectivity index (χ4n) is 3.60. The fourth-order valence-corrected chi connectivity index (χ4v) is 3.60. The quantitative estimate of drug-likeness (QED) is 0.554. The summed E-state index contributed by atoms with van der Waals surface area (Å²) in [4.78, 5) is 24.7. The highest BCUT2D eigenvalue weighted by molar-refractivity contribution is 5.92. The van der Waals surface area contributed by atoms with E-state index in [9.17, 15) is 9.59 Å². The van der Waals surface area contributed by atoms with E-state index >= 15 is 0 Å². The van der Waals surface area contributed by atoms with E-state index in [-0.39, 0.29) is 35.6 Å². The van der Waals surface area contributed by atoms with Gasteiger partial charge in [-0.1, -0.05) is 0 Å². The van der Waals surface area contributed by atoms with Gasteiger partial charge in [0.15, 0.2) is 5.69 Å². The second-order valence-corrected chi connectivity index (χ2v) is 7.14. The van der Waals surface area contributed by atoms with E-state index in [4.69, 9.17) is 4.74 Å². The zero-order valence-electron chi connectivity index (χ0n) is 16.2. The molecule has 0 saturated heterocycles. The predicted octanol–water partition coefficient (Wildman–Crippen LogP) is 0.201. The van der Waals surface area contributed by atoms with Gasteiger partial charge in [-0.25, -0.2) is 0 Å². The lowest BCUT2D eigenvalue weighted by atomic mass is 9.83. The van der Waals surface area contributed by atoms with E-state index in [2.05, 4.69) is 31.1 Å². The van der Waals surface area contributed by atoms with Crippen molar-refractivity contribution in [3.05, 3.63) is 29.8 Å². The average molecular weight is 389 g/mol. The highest BCUT2D eigenvalue weighted by Gasteiger charge is 2.35. The number of hydrogen-bond acceptors (Lipinski definition) is 6. The molecule has 0 spiro atoms. The number of hydrogen-bond donors (Lipinski definition) is 3. The lowest BCUT2D eigenvalue weighted by molar-refractivity contribution is -0.127. The number of nitrogens with one attached hydrogen (secondary N) is 3. The van der Waals surface area contributed by atoms with Gasteiger partial charge in [0, 0.05) is 32.8 Å². The molecule has 2 aromatic rings. The summed E-state index contributed by atoms with van der Waals surface area (Å²) in [6, 6.07) is -0.149. The van der Waals surface area contributed by atoms with Gasteiger partial charge < -0.3 is 15.4 Å². The molecule has 0 unspecified atom stereocenters. The molecule has 1 aliphatic carbocycles. The normalized spacial score (nSPS) is 22.0. The van der Waals surface area contributed by atoms with E-state index in [1.165, 1.54) is 11.8 Å². The number of aromatic nitrogens is 5. The van der Waals surface area contributed by atoms with E-state index in [1.807, 2.05) is 19.4 Å². The lowest BCUT2D eigenvalue weighted by Crippen LogP contribution is -2.49. The third-order valence-corrected chi connectivity index (χ3v) is 5.13. The van der Waals surface area contributed by atoms with Crippen LogP contribution in [-0.2, 0) is 23.0 Å². The molecule has 2 amide bonds. The van der Waals surface area contributed by atoms with Crippen molar-refractivity contribution in [1.29, 1.82) is 0 Å². The van der Waals surface area contributed by atoms with Gasteiger partial charge in [0.1, 0.15) is 0 Å². The summed E-state index contributed by atoms with van der Waals surface area (Å²) in [5.74, 6) is -0.350. The Bertz CT molecular complexity index is 774. The van der Waals surface area contributed by atoms with Crippen LogP contribution in [0.4, 0.5) is 0 Å². The van der Waals surface area contributed by atoms with Crippen LogP contribution in [0.5, 0.6) is 0 Å². The van der Waals surface area contributed by atoms with Crippen molar-refractivity contribution >= 4 is 11.8 Å². The Morgan fingerprint density at radius 3 is 2.89 bits per heavy atom. The number of carbonyl (C=O) groups excluding carboxylic acids is 2. The molecule has 1 aliphatic rings. The molecule has 1 fully saturated rings. The van der Waals surface area contributed by atoms with Gasteiger partial charge >= 0.3 is 0 Å². The molecule has 0 radical (unpaired) electrons. The van der Waals surface area contributed by atoms with Crippen LogP contribution in [0.15, 0.2) is 18.6 Å². The standard InChI is InChI=1S/C18H27N7O3/c1-25-11-12(9-21-25)4-3-7-19-17(26)13-5-6-14(16(8-13)28-2)22-18(27)15-10-20-24-23-15/h9-11,13-14,16H,3-8H2,1-2H3,(H,19,26)(H,22,27)(H,20,23,24)/t13-,14+,16+/m0/s1. The molecule has 2 aromatic heterocycles. The lowest BCUT2D eigenvalue weighted by Gasteiger charge is -2.34. The van der Waals surface area contributed by atoms with E-state index in [1.54, 1.807) is 11.8 Å². The van der Waals surface area contributed by atoms with Crippen LogP contribution in [0, 0.1) is 5.92 Å². The number of carbonyl (C=O) groups is 2. The number of aromatic amines is 1. The minimum absolute atomic E-state index is 0.0505. The molecular weight excluding hydrogens is 362 g/mol. The molecule has 0 bridgehead atoms. The molecular formula is C18H27N7O3. The fraction of sp³-hybridized carbons (Fsp3) is 0.611. The Morgan fingerprint density at radius 2 is 2.21 bits per heavy atom. The molecule has 152 valence electrons. The second kappa shape index (κ2) is 9.45. The van der Waals surface area contributed by atoms with Gasteiger partial charge in [-0.05, 0) is 37.7 Å². The van der Waals surface area contributed by atoms with Gasteiger partial charge in [-0.2, -0.15) is 20.5 Å². The van der Waals surface area contributed by atoms with Crippen molar-refractivity contribution in [2.24, 2.45) is 13.0 Å². The van der Waals surface area contributed by atoms with Crippen LogP contribution in [0.3, 0.4) is 0 Å². The molecule has 0 aromatic carbocycles. The topological polar surface area (TPSA) is 127 Å². The van der Waals surface area contributed by atoms with Gasteiger partial charge in [0.2, 0.25) is 5.91 Å². The molecule has 28 heavy (non-hydrogen) atoms. The maximum absolute atomic E-state index is 12.5. The highest BCUT2D eigenvalue weighted by atomic mass is 16.5. The monoisotopic (exact) mass is 389 g/mol. The van der Waals surface area contributed by atoms with Crippen molar-refractivity contribution in [1.82, 2.24) is 35.8 Å². The minimum Gasteiger partial charge on any atom is -0.379 e. The third kappa shape index (κ3) is 5.16. The summed E-state index contributed by atoms with van der Waals surface area (Å²) in [6.07, 6.45) is 8.71. The van der Waals surface area contributed by atoms with E-state index in [0.29, 0.717) is 25.8 Å². The molecule has 3 atom stereocenters. The Morgan fingerprint density at radius 1 is 1.36 bits per heavy atom. The first-order valence-electron chi connectivity index (χ1n) is 9.51. The number of methoxy groups -OCH3 is 1. The van der Waals surface area contributed by atoms with Crippen molar-refractivity contribution in [2.75, 3.05) is 13.7 Å². The maximum atomic E-state index is 12.5. The zero-order chi connectivity index (χ0) is 19.9. The summed E-state index contributed by atoms with van der Waals surface area (Å²) in [6.45, 7) is 0.633. The van der Waals surface area contributed by atoms with Crippen molar-refractivity contribution < 1.29 is 14.3 Å². The Hall–Kier alpha value is -2.75. The summed E-state index contributed by atoms with van der Waals surface area (Å²) in [7, 11) is 3.50. The van der Waals surface area contributed by atoms with Gasteiger partial charge in [0.25, 0.3) is 5.91 Å². The predicted molar refractivity (Wildman–Crippen MR) is 100 cm³/mol. The molecule has 10 nitrogen and oxygen atoms in total. The summed E-state index contributed by atoms with van der Waals surface area (Å²) in [5, 5.41) is 19.9. The average Bonchev–Trinajstić information content (AvgIpc) is 3.37. The third-order valence-electron chi connectivity index (χ3n) is 5.13. The second-order valence-electron chi connectivity index (χ2n) is 7.14. The Balaban J connectivity index is 1.42. The number of nitrogens with zero attached hydrogens (tertiary/aromatic N) is 4. The minimum atomic E-state index is -0.292. The van der Waals surface area contributed by atoms with Gasteiger partial charge in [-0.3, -0.25) is 14.3 Å². The number of H-pyrrole nitrogens is 1. The van der Waals surface area contributed by atoms with Crippen molar-refractivity contribution in [3.8, 4) is 0 Å². The molecule has 10 heteroatoms. The molecule has 3 rings (SSSR count). The van der Waals surface area contributed by atoms with Crippen LogP contribution in [0.25, 0.3) is 0 Å². The van der Waals surface area contributed by atoms with E-state index in [0.717, 1.165) is 12.8 Å². The number of amides is 2. The summed E-state index contributed by atoms with van der Waals surface area (Å²) >= 11 is 0. The molecule has 1 saturated carbocycles. The van der Waals surface area contributed by atoms with Crippen LogP contribution in [0.2, 0.25) is 0 Å². The first-order chi connectivity index (χ1) is 13.6. The summed E-state index contributed by atoms with van der Waals surface area (Å²) < 4.78 is 7.32. The number of ether oxygens (including phenoxy) is 1. The first kappa shape index (κ1) is 20.0. The largest absolute Gasteiger partial charge is 0.379 e. The molecule has 2 heterocycles. The van der Waals surface area contributed by atoms with Crippen LogP contribution >= 0.6 is 0 Å². The van der Waals surface area contributed by atoms with Gasteiger partial charge in [0.05, 0.1) is 24.5 Å². The smallest absolute Gasteiger partial charge is 0.273 e. The highest BCUT2D eigenvalue weighted by Crippen LogP contribution is 2.27. The van der Waals surface area contributed by atoms with Crippen LogP contribution in [-0.4, -0.2) is 62.8 Å². The zero-order valence-corrected chi connectivity index (χ0v) is 16.2. The molecule has 0 aliphatic heterocycles. The SMILES string of the molecule is CO[C@@H]1C[C@@H](C(=O)NCCCc2cnn(C)c2)CC[C@H]1NC(=O)c1cn[nH]n1. The maximum Gasteiger partial charge on any atom is 0.273 e. The van der Waals surface area contributed by atoms with Crippen molar-refractivity contribution in [2.45, 2.75) is 44.2 Å². The summed E-state index contributed by atoms with van der Waals surface area (Å²) in [5.41, 5.74) is 1.41. The van der Waals surface area contributed by atoms with E-state index < -0.39 is 0 Å². The van der Waals surface area contributed by atoms with Crippen LogP contribution < -0.4 is 10.6 Å². The Kier molecular flexibility index (Phi) is 6.75. The van der Waals surface area contributed by atoms with Crippen molar-refractivity contribution in [3.63, 3.8) is 0 Å². The Labute approximate surface area is 163 Å². The first-order valence-corrected chi connectivity index (χ1v) is 9.51. The number of aryl methyl sites for hydroxylation is 2. The van der Waals surface area contributed by atoms with Crippen LogP contribution in [0.1, 0.15) is 41.7 Å². The van der Waals surface area contributed by atoms with Gasteiger partial charge in [-0.15, -0.1) is 0 Å².